The number of hydrogen-bond donors (Lipinski definition) is 1. The zero-order valence-corrected chi connectivity index (χ0v) is 9.52. The lowest BCUT2D eigenvalue weighted by Gasteiger charge is -2.34. The van der Waals surface area contributed by atoms with Crippen LogP contribution in [0.25, 0.3) is 0 Å². The van der Waals surface area contributed by atoms with E-state index in [2.05, 4.69) is 13.8 Å². The molecule has 1 N–H and O–H groups in total. The highest BCUT2D eigenvalue weighted by atomic mass is 16.3. The number of hydrogen-bond acceptors (Lipinski definition) is 2. The van der Waals surface area contributed by atoms with Crippen molar-refractivity contribution in [3.8, 4) is 0 Å². The second-order valence-electron chi connectivity index (χ2n) is 5.18. The van der Waals surface area contributed by atoms with E-state index in [-0.39, 0.29) is 6.10 Å². The smallest absolute Gasteiger partial charge is 0.0960 e. The summed E-state index contributed by atoms with van der Waals surface area (Å²) in [4.78, 5) is 0. The third-order valence-corrected chi connectivity index (χ3v) is 3.55. The van der Waals surface area contributed by atoms with Crippen molar-refractivity contribution >= 4 is 0 Å². The first-order valence-electron chi connectivity index (χ1n) is 5.87. The van der Waals surface area contributed by atoms with Crippen LogP contribution in [0.4, 0.5) is 0 Å². The minimum atomic E-state index is -0.339. The Balaban J connectivity index is 2.03. The van der Waals surface area contributed by atoms with Crippen molar-refractivity contribution in [3.05, 3.63) is 24.2 Å². The predicted molar refractivity (Wildman–Crippen MR) is 59.3 cm³/mol. The second-order valence-corrected chi connectivity index (χ2v) is 5.18. The molecule has 1 aromatic heterocycles. The third kappa shape index (κ3) is 2.43. The summed E-state index contributed by atoms with van der Waals surface area (Å²) < 4.78 is 5.02. The van der Waals surface area contributed by atoms with Crippen LogP contribution in [-0.4, -0.2) is 5.11 Å². The maximum absolute atomic E-state index is 10.2. The van der Waals surface area contributed by atoms with Crippen molar-refractivity contribution in [1.29, 1.82) is 0 Å². The summed E-state index contributed by atoms with van der Waals surface area (Å²) in [5.74, 6) is 1.88. The molecule has 0 radical (unpaired) electrons. The van der Waals surface area contributed by atoms with E-state index < -0.39 is 0 Å². The van der Waals surface area contributed by atoms with Gasteiger partial charge in [-0.2, -0.15) is 0 Å². The molecule has 0 spiro atoms. The van der Waals surface area contributed by atoms with E-state index >= 15 is 0 Å². The van der Waals surface area contributed by atoms with Crippen molar-refractivity contribution in [3.63, 3.8) is 0 Å². The molecule has 0 saturated heterocycles. The Morgan fingerprint density at radius 3 is 2.47 bits per heavy atom. The van der Waals surface area contributed by atoms with Crippen LogP contribution in [0.3, 0.4) is 0 Å². The molecular formula is C13H20O2. The molecule has 1 aromatic rings. The third-order valence-electron chi connectivity index (χ3n) is 3.55. The lowest BCUT2D eigenvalue weighted by atomic mass is 9.73. The van der Waals surface area contributed by atoms with Crippen LogP contribution in [-0.2, 0) is 0 Å². The molecule has 0 aliphatic heterocycles. The van der Waals surface area contributed by atoms with Crippen LogP contribution in [0.5, 0.6) is 0 Å². The van der Waals surface area contributed by atoms with E-state index in [0.29, 0.717) is 5.92 Å². The lowest BCUT2D eigenvalue weighted by Crippen LogP contribution is -2.24. The van der Waals surface area contributed by atoms with Gasteiger partial charge in [0.25, 0.3) is 0 Å². The number of rotatable bonds is 2. The Kier molecular flexibility index (Phi) is 3.15. The molecule has 2 heteroatoms. The Labute approximate surface area is 91.3 Å². The molecule has 3 unspecified atom stereocenters. The molecule has 1 fully saturated rings. The molecule has 0 bridgehead atoms. The summed E-state index contributed by atoms with van der Waals surface area (Å²) >= 11 is 0. The molecule has 0 amide bonds. The van der Waals surface area contributed by atoms with Crippen molar-refractivity contribution in [2.75, 3.05) is 0 Å². The van der Waals surface area contributed by atoms with Crippen LogP contribution >= 0.6 is 0 Å². The number of aliphatic hydroxyl groups is 1. The topological polar surface area (TPSA) is 33.4 Å². The SMILES string of the molecule is CC1CC(C)CC(C(O)c2ccoc2)C1. The zero-order chi connectivity index (χ0) is 10.8. The van der Waals surface area contributed by atoms with Gasteiger partial charge in [0.05, 0.1) is 18.6 Å². The Morgan fingerprint density at radius 2 is 1.93 bits per heavy atom. The molecule has 1 aliphatic carbocycles. The summed E-state index contributed by atoms with van der Waals surface area (Å²) in [6.45, 7) is 4.56. The van der Waals surface area contributed by atoms with Gasteiger partial charge < -0.3 is 9.52 Å². The van der Waals surface area contributed by atoms with E-state index in [1.54, 1.807) is 12.5 Å². The largest absolute Gasteiger partial charge is 0.472 e. The van der Waals surface area contributed by atoms with E-state index in [9.17, 15) is 5.11 Å². The molecule has 1 saturated carbocycles. The molecule has 3 atom stereocenters. The molecule has 84 valence electrons. The van der Waals surface area contributed by atoms with Crippen LogP contribution in [0, 0.1) is 17.8 Å². The quantitative estimate of drug-likeness (QED) is 0.808. The fourth-order valence-corrected chi connectivity index (χ4v) is 2.98. The van der Waals surface area contributed by atoms with Gasteiger partial charge in [-0.15, -0.1) is 0 Å². The molecule has 0 aromatic carbocycles. The van der Waals surface area contributed by atoms with Gasteiger partial charge in [0.1, 0.15) is 0 Å². The van der Waals surface area contributed by atoms with Gasteiger partial charge in [-0.05, 0) is 43.1 Å². The highest BCUT2D eigenvalue weighted by Gasteiger charge is 2.30. The van der Waals surface area contributed by atoms with E-state index in [4.69, 9.17) is 4.42 Å². The van der Waals surface area contributed by atoms with E-state index in [1.807, 2.05) is 6.07 Å². The van der Waals surface area contributed by atoms with Gasteiger partial charge in [0.15, 0.2) is 0 Å². The summed E-state index contributed by atoms with van der Waals surface area (Å²) in [5, 5.41) is 10.2. The first kappa shape index (κ1) is 10.7. The van der Waals surface area contributed by atoms with Gasteiger partial charge in [0.2, 0.25) is 0 Å². The van der Waals surface area contributed by atoms with Crippen LogP contribution < -0.4 is 0 Å². The van der Waals surface area contributed by atoms with Gasteiger partial charge in [0, 0.05) is 5.56 Å². The fraction of sp³-hybridized carbons (Fsp3) is 0.692. The van der Waals surface area contributed by atoms with Crippen LogP contribution in [0.2, 0.25) is 0 Å². The van der Waals surface area contributed by atoms with Crippen molar-refractivity contribution in [1.82, 2.24) is 0 Å². The van der Waals surface area contributed by atoms with Gasteiger partial charge in [-0.1, -0.05) is 13.8 Å². The number of aliphatic hydroxyl groups excluding tert-OH is 1. The summed E-state index contributed by atoms with van der Waals surface area (Å²) in [6.07, 6.45) is 6.53. The monoisotopic (exact) mass is 208 g/mol. The standard InChI is InChI=1S/C13H20O2/c1-9-5-10(2)7-12(6-9)13(14)11-3-4-15-8-11/h3-4,8-10,12-14H,5-7H2,1-2H3. The first-order valence-corrected chi connectivity index (χ1v) is 5.87. The minimum absolute atomic E-state index is 0.339. The van der Waals surface area contributed by atoms with Gasteiger partial charge in [-0.25, -0.2) is 0 Å². The summed E-state index contributed by atoms with van der Waals surface area (Å²) in [5.41, 5.74) is 0.932. The van der Waals surface area contributed by atoms with Gasteiger partial charge in [-0.3, -0.25) is 0 Å². The average molecular weight is 208 g/mol. The Hall–Kier alpha value is -0.760. The zero-order valence-electron chi connectivity index (χ0n) is 9.52. The molecular weight excluding hydrogens is 188 g/mol. The molecule has 2 nitrogen and oxygen atoms in total. The maximum atomic E-state index is 10.2. The van der Waals surface area contributed by atoms with Crippen LogP contribution in [0.15, 0.2) is 23.0 Å². The Morgan fingerprint density at radius 1 is 1.27 bits per heavy atom. The molecule has 1 heterocycles. The minimum Gasteiger partial charge on any atom is -0.472 e. The van der Waals surface area contributed by atoms with Crippen molar-refractivity contribution < 1.29 is 9.52 Å². The van der Waals surface area contributed by atoms with E-state index in [0.717, 1.165) is 30.2 Å². The fourth-order valence-electron chi connectivity index (χ4n) is 2.98. The normalized spacial score (nSPS) is 33.9. The number of furan rings is 1. The molecule has 1 aliphatic rings. The predicted octanol–water partition coefficient (Wildman–Crippen LogP) is 3.39. The maximum Gasteiger partial charge on any atom is 0.0960 e. The lowest BCUT2D eigenvalue weighted by molar-refractivity contribution is 0.0547. The van der Waals surface area contributed by atoms with Crippen LogP contribution in [0.1, 0.15) is 44.8 Å². The van der Waals surface area contributed by atoms with Crippen molar-refractivity contribution in [2.45, 2.75) is 39.2 Å². The molecule has 2 rings (SSSR count). The molecule has 15 heavy (non-hydrogen) atoms. The highest BCUT2D eigenvalue weighted by Crippen LogP contribution is 2.39. The van der Waals surface area contributed by atoms with Crippen molar-refractivity contribution in [2.24, 2.45) is 17.8 Å². The van der Waals surface area contributed by atoms with E-state index in [1.165, 1.54) is 6.42 Å². The average Bonchev–Trinajstić information content (AvgIpc) is 2.67. The summed E-state index contributed by atoms with van der Waals surface area (Å²) in [7, 11) is 0. The first-order chi connectivity index (χ1) is 7.16. The Bertz CT molecular complexity index is 281. The van der Waals surface area contributed by atoms with Gasteiger partial charge >= 0.3 is 0 Å². The summed E-state index contributed by atoms with van der Waals surface area (Å²) in [6, 6.07) is 1.87. The second kappa shape index (κ2) is 4.40. The highest BCUT2D eigenvalue weighted by molar-refractivity contribution is 5.10.